The lowest BCUT2D eigenvalue weighted by Crippen LogP contribution is -2.04. The second-order valence-corrected chi connectivity index (χ2v) is 4.26. The van der Waals surface area contributed by atoms with Crippen molar-refractivity contribution in [3.05, 3.63) is 18.6 Å². The van der Waals surface area contributed by atoms with Crippen LogP contribution >= 0.6 is 0 Å². The van der Waals surface area contributed by atoms with E-state index in [4.69, 9.17) is 0 Å². The Labute approximate surface area is 95.1 Å². The van der Waals surface area contributed by atoms with Crippen molar-refractivity contribution in [2.75, 3.05) is 0 Å². The number of aryl methyl sites for hydroxylation is 1. The van der Waals surface area contributed by atoms with E-state index < -0.39 is 0 Å². The van der Waals surface area contributed by atoms with Gasteiger partial charge in [-0.2, -0.15) is 0 Å². The zero-order chi connectivity index (χ0) is 11.5. The summed E-state index contributed by atoms with van der Waals surface area (Å²) in [5.41, 5.74) is 0.840. The molecule has 0 N–H and O–H groups in total. The van der Waals surface area contributed by atoms with Gasteiger partial charge in [-0.05, 0) is 12.8 Å². The molecule has 0 aliphatic rings. The molecule has 0 saturated heterocycles. The van der Waals surface area contributed by atoms with Crippen LogP contribution in [0.2, 0.25) is 0 Å². The van der Waals surface area contributed by atoms with Crippen LogP contribution < -0.4 is 0 Å². The molecule has 0 bridgehead atoms. The van der Waals surface area contributed by atoms with Gasteiger partial charge in [0.25, 0.3) is 0 Å². The Kier molecular flexibility index (Phi) is 3.03. The number of imidazole rings is 1. The molecule has 0 saturated carbocycles. The highest BCUT2D eigenvalue weighted by molar-refractivity contribution is 5.47. The van der Waals surface area contributed by atoms with Gasteiger partial charge in [0.05, 0.1) is 6.20 Å². The molecule has 16 heavy (non-hydrogen) atoms. The summed E-state index contributed by atoms with van der Waals surface area (Å²) in [5, 5.41) is 8.25. The molecule has 86 valence electrons. The van der Waals surface area contributed by atoms with Crippen molar-refractivity contribution < 1.29 is 0 Å². The van der Waals surface area contributed by atoms with Crippen molar-refractivity contribution in [1.29, 1.82) is 0 Å². The summed E-state index contributed by atoms with van der Waals surface area (Å²) in [6.45, 7) is 8.19. The molecule has 0 radical (unpaired) electrons. The lowest BCUT2D eigenvalue weighted by atomic mass is 10.2. The molecule has 2 heterocycles. The Morgan fingerprint density at radius 3 is 2.88 bits per heavy atom. The molecule has 0 aliphatic carbocycles. The first-order valence-corrected chi connectivity index (χ1v) is 5.62. The maximum absolute atomic E-state index is 4.30. The molecule has 2 aromatic rings. The van der Waals surface area contributed by atoms with Gasteiger partial charge in [0.15, 0.2) is 5.82 Å². The molecule has 2 rings (SSSR count). The number of nitrogens with zero attached hydrogens (tertiary/aromatic N) is 5. The van der Waals surface area contributed by atoms with Gasteiger partial charge in [-0.3, -0.25) is 4.68 Å². The lowest BCUT2D eigenvalue weighted by Gasteiger charge is -2.02. The van der Waals surface area contributed by atoms with E-state index in [9.17, 15) is 0 Å². The van der Waals surface area contributed by atoms with Crippen LogP contribution in [0.3, 0.4) is 0 Å². The summed E-state index contributed by atoms with van der Waals surface area (Å²) in [6, 6.07) is 0. The first-order chi connectivity index (χ1) is 7.70. The topological polar surface area (TPSA) is 48.5 Å². The predicted molar refractivity (Wildman–Crippen MR) is 61.8 cm³/mol. The Morgan fingerprint density at radius 2 is 2.19 bits per heavy atom. The third-order valence-corrected chi connectivity index (χ3v) is 2.38. The molecule has 0 aliphatic heterocycles. The van der Waals surface area contributed by atoms with Gasteiger partial charge in [0.2, 0.25) is 0 Å². The van der Waals surface area contributed by atoms with Crippen molar-refractivity contribution in [1.82, 2.24) is 24.5 Å². The minimum atomic E-state index is 0.570. The van der Waals surface area contributed by atoms with Gasteiger partial charge in [0, 0.05) is 25.5 Å². The molecule has 2 aromatic heterocycles. The maximum Gasteiger partial charge on any atom is 0.162 e. The Balaban J connectivity index is 2.24. The summed E-state index contributed by atoms with van der Waals surface area (Å²) >= 11 is 0. The number of hydrogen-bond donors (Lipinski definition) is 0. The van der Waals surface area contributed by atoms with Crippen LogP contribution in [-0.2, 0) is 13.1 Å². The molecule has 0 spiro atoms. The van der Waals surface area contributed by atoms with Crippen molar-refractivity contribution in [2.45, 2.75) is 33.9 Å². The summed E-state index contributed by atoms with van der Waals surface area (Å²) in [6.07, 6.45) is 5.70. The summed E-state index contributed by atoms with van der Waals surface area (Å²) < 4.78 is 3.93. The molecular formula is C11H17N5. The monoisotopic (exact) mass is 219 g/mol. The fourth-order valence-corrected chi connectivity index (χ4v) is 1.66. The van der Waals surface area contributed by atoms with Crippen molar-refractivity contribution in [3.8, 4) is 11.5 Å². The summed E-state index contributed by atoms with van der Waals surface area (Å²) in [7, 11) is 0. The molecule has 0 fully saturated rings. The highest BCUT2D eigenvalue weighted by atomic mass is 15.4. The van der Waals surface area contributed by atoms with Gasteiger partial charge in [0.1, 0.15) is 5.69 Å². The number of aromatic nitrogens is 5. The van der Waals surface area contributed by atoms with Crippen molar-refractivity contribution in [3.63, 3.8) is 0 Å². The average molecular weight is 219 g/mol. The van der Waals surface area contributed by atoms with Crippen molar-refractivity contribution >= 4 is 0 Å². The first-order valence-electron chi connectivity index (χ1n) is 5.62. The Hall–Kier alpha value is -1.65. The average Bonchev–Trinajstić information content (AvgIpc) is 2.83. The zero-order valence-corrected chi connectivity index (χ0v) is 9.96. The molecule has 5 heteroatoms. The zero-order valence-electron chi connectivity index (χ0n) is 9.96. The molecular weight excluding hydrogens is 202 g/mol. The summed E-state index contributed by atoms with van der Waals surface area (Å²) in [5.74, 6) is 1.46. The van der Waals surface area contributed by atoms with Crippen LogP contribution in [0.25, 0.3) is 11.5 Å². The Bertz CT molecular complexity index is 454. The second-order valence-electron chi connectivity index (χ2n) is 4.26. The normalized spacial score (nSPS) is 11.2. The van der Waals surface area contributed by atoms with E-state index in [0.29, 0.717) is 5.92 Å². The fourth-order valence-electron chi connectivity index (χ4n) is 1.66. The third kappa shape index (κ3) is 2.13. The van der Waals surface area contributed by atoms with Gasteiger partial charge >= 0.3 is 0 Å². The fraction of sp³-hybridized carbons (Fsp3) is 0.545. The molecule has 0 aromatic carbocycles. The van der Waals surface area contributed by atoms with Crippen LogP contribution in [-0.4, -0.2) is 24.5 Å². The Morgan fingerprint density at radius 1 is 1.38 bits per heavy atom. The van der Waals surface area contributed by atoms with Crippen LogP contribution in [0.4, 0.5) is 0 Å². The predicted octanol–water partition coefficient (Wildman–Crippen LogP) is 1.82. The van der Waals surface area contributed by atoms with E-state index >= 15 is 0 Å². The van der Waals surface area contributed by atoms with Gasteiger partial charge in [-0.1, -0.05) is 19.1 Å². The van der Waals surface area contributed by atoms with Crippen LogP contribution in [0.5, 0.6) is 0 Å². The minimum absolute atomic E-state index is 0.570. The van der Waals surface area contributed by atoms with Gasteiger partial charge in [-0.25, -0.2) is 4.98 Å². The molecule has 0 amide bonds. The van der Waals surface area contributed by atoms with E-state index in [0.717, 1.165) is 24.6 Å². The van der Waals surface area contributed by atoms with E-state index in [1.165, 1.54) is 0 Å². The number of hydrogen-bond acceptors (Lipinski definition) is 3. The standard InChI is InChI=1S/C11H17N5/c1-4-15-6-5-12-11(15)10-8-16(14-13-10)7-9(2)3/h5-6,8-9H,4,7H2,1-3H3. The van der Waals surface area contributed by atoms with Crippen LogP contribution in [0.1, 0.15) is 20.8 Å². The van der Waals surface area contributed by atoms with E-state index in [1.54, 1.807) is 6.20 Å². The quantitative estimate of drug-likeness (QED) is 0.788. The lowest BCUT2D eigenvalue weighted by molar-refractivity contribution is 0.472. The van der Waals surface area contributed by atoms with Gasteiger partial charge in [-0.15, -0.1) is 5.10 Å². The third-order valence-electron chi connectivity index (χ3n) is 2.38. The van der Waals surface area contributed by atoms with E-state index in [-0.39, 0.29) is 0 Å². The SMILES string of the molecule is CCn1ccnc1-c1cn(CC(C)C)nn1. The first kappa shape index (κ1) is 10.9. The second kappa shape index (κ2) is 4.47. The molecule has 0 atom stereocenters. The van der Waals surface area contributed by atoms with Crippen LogP contribution in [0, 0.1) is 5.92 Å². The maximum atomic E-state index is 4.30. The highest BCUT2D eigenvalue weighted by Crippen LogP contribution is 2.13. The van der Waals surface area contributed by atoms with Crippen molar-refractivity contribution in [2.24, 2.45) is 5.92 Å². The van der Waals surface area contributed by atoms with E-state index in [2.05, 4.69) is 40.6 Å². The van der Waals surface area contributed by atoms with Crippen LogP contribution in [0.15, 0.2) is 18.6 Å². The minimum Gasteiger partial charge on any atom is -0.330 e. The number of rotatable bonds is 4. The highest BCUT2D eigenvalue weighted by Gasteiger charge is 2.09. The molecule has 0 unspecified atom stereocenters. The van der Waals surface area contributed by atoms with Gasteiger partial charge < -0.3 is 4.57 Å². The van der Waals surface area contributed by atoms with E-state index in [1.807, 2.05) is 17.1 Å². The smallest absolute Gasteiger partial charge is 0.162 e. The summed E-state index contributed by atoms with van der Waals surface area (Å²) in [4.78, 5) is 4.30. The largest absolute Gasteiger partial charge is 0.330 e. The molecule has 5 nitrogen and oxygen atoms in total.